The van der Waals surface area contributed by atoms with Gasteiger partial charge < -0.3 is 30.7 Å². The zero-order valence-corrected chi connectivity index (χ0v) is 14.5. The molecule has 1 aromatic carbocycles. The predicted octanol–water partition coefficient (Wildman–Crippen LogP) is 0.0980. The number of nitrogens with one attached hydrogen (secondary N) is 2. The van der Waals surface area contributed by atoms with Crippen LogP contribution in [0.1, 0.15) is 24.8 Å². The van der Waals surface area contributed by atoms with Crippen molar-refractivity contribution in [3.8, 4) is 0 Å². The molecule has 0 aromatic heterocycles. The number of aliphatic hydroxyl groups excluding tert-OH is 1. The van der Waals surface area contributed by atoms with Gasteiger partial charge in [-0.15, -0.1) is 0 Å². The molecule has 10 heteroatoms. The summed E-state index contributed by atoms with van der Waals surface area (Å²) in [5.41, 5.74) is 0.786. The lowest BCUT2D eigenvalue weighted by Crippen LogP contribution is -2.43. The minimum Gasteiger partial charge on any atom is -0.481 e. The number of aliphatic hydroxyl groups is 1. The molecule has 0 aliphatic heterocycles. The largest absolute Gasteiger partial charge is 0.481 e. The Kier molecular flexibility index (Phi) is 9.30. The summed E-state index contributed by atoms with van der Waals surface area (Å²) in [5.74, 6) is -3.34. The molecule has 0 spiro atoms. The fourth-order valence-electron chi connectivity index (χ4n) is 2.04. The van der Waals surface area contributed by atoms with E-state index in [-0.39, 0.29) is 19.6 Å². The molecule has 1 rings (SSSR count). The van der Waals surface area contributed by atoms with Crippen molar-refractivity contribution in [2.24, 2.45) is 0 Å². The molecule has 5 N–H and O–H groups in total. The molecule has 0 saturated heterocycles. The van der Waals surface area contributed by atoms with Gasteiger partial charge in [-0.3, -0.25) is 9.59 Å². The highest BCUT2D eigenvalue weighted by molar-refractivity contribution is 5.84. The van der Waals surface area contributed by atoms with Gasteiger partial charge in [0.25, 0.3) is 0 Å². The van der Waals surface area contributed by atoms with E-state index in [1.165, 1.54) is 0 Å². The Labute approximate surface area is 155 Å². The molecule has 2 atom stereocenters. The Morgan fingerprint density at radius 3 is 2.33 bits per heavy atom. The molecule has 0 bridgehead atoms. The van der Waals surface area contributed by atoms with Crippen LogP contribution in [0.4, 0.5) is 4.79 Å². The van der Waals surface area contributed by atoms with Gasteiger partial charge in [0.1, 0.15) is 12.6 Å². The van der Waals surface area contributed by atoms with Gasteiger partial charge >= 0.3 is 18.0 Å². The highest BCUT2D eigenvalue weighted by Gasteiger charge is 2.22. The molecule has 0 fully saturated rings. The van der Waals surface area contributed by atoms with E-state index in [4.69, 9.17) is 14.9 Å². The molecular formula is C17H22N2O8. The van der Waals surface area contributed by atoms with Crippen molar-refractivity contribution in [1.82, 2.24) is 10.6 Å². The van der Waals surface area contributed by atoms with Gasteiger partial charge in [-0.25, -0.2) is 9.59 Å². The Bertz CT molecular complexity index is 650. The number of amides is 2. The van der Waals surface area contributed by atoms with Crippen molar-refractivity contribution in [3.63, 3.8) is 0 Å². The first kappa shape index (κ1) is 21.9. The number of hydrogen-bond donors (Lipinski definition) is 5. The Balaban J connectivity index is 2.30. The lowest BCUT2D eigenvalue weighted by atomic mass is 10.1. The molecule has 0 radical (unpaired) electrons. The van der Waals surface area contributed by atoms with Crippen LogP contribution in [-0.4, -0.2) is 57.9 Å². The first-order chi connectivity index (χ1) is 12.8. The van der Waals surface area contributed by atoms with E-state index in [9.17, 15) is 24.3 Å². The number of benzene rings is 1. The Morgan fingerprint density at radius 1 is 1.07 bits per heavy atom. The van der Waals surface area contributed by atoms with E-state index < -0.39 is 48.9 Å². The van der Waals surface area contributed by atoms with Crippen LogP contribution in [0.2, 0.25) is 0 Å². The molecule has 0 aliphatic rings. The second kappa shape index (κ2) is 11.5. The number of hydrogen-bond acceptors (Lipinski definition) is 6. The predicted molar refractivity (Wildman–Crippen MR) is 91.7 cm³/mol. The van der Waals surface area contributed by atoms with Crippen molar-refractivity contribution < 1.29 is 39.2 Å². The van der Waals surface area contributed by atoms with Crippen molar-refractivity contribution in [3.05, 3.63) is 35.9 Å². The first-order valence-corrected chi connectivity index (χ1v) is 8.14. The van der Waals surface area contributed by atoms with Crippen molar-refractivity contribution in [2.45, 2.75) is 38.0 Å². The standard InChI is InChI=1S/C17H22N2O8/c20-12(8-14(21)19-13(16(24)25)6-7-15(22)23)9-18-17(26)27-10-11-4-2-1-3-5-11/h1-5,12-13,20H,6-10H2,(H,18,26)(H,19,21)(H,22,23)(H,24,25)/t12-,13-/m1/s1. The number of rotatable bonds is 11. The topological polar surface area (TPSA) is 162 Å². The molecular weight excluding hydrogens is 360 g/mol. The van der Waals surface area contributed by atoms with E-state index in [0.717, 1.165) is 5.56 Å². The molecule has 0 aliphatic carbocycles. The van der Waals surface area contributed by atoms with Gasteiger partial charge in [-0.05, 0) is 12.0 Å². The zero-order valence-electron chi connectivity index (χ0n) is 14.5. The SMILES string of the molecule is O=C(O)CC[C@@H](NC(=O)C[C@@H](O)CNC(=O)OCc1ccccc1)C(=O)O. The second-order valence-electron chi connectivity index (χ2n) is 5.69. The summed E-state index contributed by atoms with van der Waals surface area (Å²) in [6.45, 7) is -0.221. The smallest absolute Gasteiger partial charge is 0.407 e. The number of carboxylic acids is 2. The lowest BCUT2D eigenvalue weighted by Gasteiger charge is -2.16. The van der Waals surface area contributed by atoms with E-state index in [0.29, 0.717) is 0 Å². The molecule has 0 unspecified atom stereocenters. The number of alkyl carbamates (subject to hydrolysis) is 1. The van der Waals surface area contributed by atoms with Crippen LogP contribution in [0.25, 0.3) is 0 Å². The fraction of sp³-hybridized carbons (Fsp3) is 0.412. The van der Waals surface area contributed by atoms with E-state index in [1.54, 1.807) is 24.3 Å². The summed E-state index contributed by atoms with van der Waals surface area (Å²) >= 11 is 0. The molecule has 27 heavy (non-hydrogen) atoms. The van der Waals surface area contributed by atoms with Crippen molar-refractivity contribution in [2.75, 3.05) is 6.54 Å². The molecule has 1 aromatic rings. The molecule has 148 valence electrons. The number of ether oxygens (including phenoxy) is 1. The maximum absolute atomic E-state index is 11.7. The van der Waals surface area contributed by atoms with Crippen LogP contribution in [0.5, 0.6) is 0 Å². The summed E-state index contributed by atoms with van der Waals surface area (Å²) in [6.07, 6.45) is -3.20. The molecule has 10 nitrogen and oxygen atoms in total. The molecule has 0 saturated carbocycles. The van der Waals surface area contributed by atoms with Crippen LogP contribution >= 0.6 is 0 Å². The van der Waals surface area contributed by atoms with E-state index in [2.05, 4.69) is 10.6 Å². The normalized spacial score (nSPS) is 12.5. The third-order valence-electron chi connectivity index (χ3n) is 3.40. The molecule has 0 heterocycles. The van der Waals surface area contributed by atoms with Crippen LogP contribution < -0.4 is 10.6 Å². The number of carboxylic acid groups (broad SMARTS) is 2. The average molecular weight is 382 g/mol. The van der Waals surface area contributed by atoms with Crippen LogP contribution in [0.15, 0.2) is 30.3 Å². The summed E-state index contributed by atoms with van der Waals surface area (Å²) < 4.78 is 4.94. The quantitative estimate of drug-likeness (QED) is 0.360. The maximum Gasteiger partial charge on any atom is 0.407 e. The lowest BCUT2D eigenvalue weighted by molar-refractivity contribution is -0.143. The summed E-state index contributed by atoms with van der Waals surface area (Å²) in [7, 11) is 0. The first-order valence-electron chi connectivity index (χ1n) is 8.14. The highest BCUT2D eigenvalue weighted by Crippen LogP contribution is 2.02. The zero-order chi connectivity index (χ0) is 20.2. The van der Waals surface area contributed by atoms with Gasteiger partial charge in [0.2, 0.25) is 5.91 Å². The van der Waals surface area contributed by atoms with E-state index >= 15 is 0 Å². The average Bonchev–Trinajstić information content (AvgIpc) is 2.62. The third kappa shape index (κ3) is 9.80. The number of carbonyl (C=O) groups excluding carboxylic acids is 2. The highest BCUT2D eigenvalue weighted by atomic mass is 16.5. The summed E-state index contributed by atoms with van der Waals surface area (Å²) in [5, 5.41) is 31.7. The van der Waals surface area contributed by atoms with Crippen molar-refractivity contribution >= 4 is 23.9 Å². The summed E-state index contributed by atoms with van der Waals surface area (Å²) in [4.78, 5) is 44.8. The van der Waals surface area contributed by atoms with Gasteiger partial charge in [0, 0.05) is 13.0 Å². The van der Waals surface area contributed by atoms with Gasteiger partial charge in [0.15, 0.2) is 0 Å². The Hall–Kier alpha value is -3.14. The second-order valence-corrected chi connectivity index (χ2v) is 5.69. The van der Waals surface area contributed by atoms with Gasteiger partial charge in [-0.2, -0.15) is 0 Å². The molecule has 2 amide bonds. The minimum atomic E-state index is -1.37. The van der Waals surface area contributed by atoms with Crippen LogP contribution in [0.3, 0.4) is 0 Å². The summed E-state index contributed by atoms with van der Waals surface area (Å²) in [6, 6.07) is 7.58. The fourth-order valence-corrected chi connectivity index (χ4v) is 2.04. The van der Waals surface area contributed by atoms with Crippen LogP contribution in [-0.2, 0) is 25.7 Å². The monoisotopic (exact) mass is 382 g/mol. The minimum absolute atomic E-state index is 0.0487. The van der Waals surface area contributed by atoms with Crippen molar-refractivity contribution in [1.29, 1.82) is 0 Å². The van der Waals surface area contributed by atoms with Gasteiger partial charge in [0.05, 0.1) is 12.5 Å². The third-order valence-corrected chi connectivity index (χ3v) is 3.40. The number of aliphatic carboxylic acids is 2. The van der Waals surface area contributed by atoms with E-state index in [1.807, 2.05) is 6.07 Å². The van der Waals surface area contributed by atoms with Crippen LogP contribution in [0, 0.1) is 0 Å². The Morgan fingerprint density at radius 2 is 1.74 bits per heavy atom. The number of carbonyl (C=O) groups is 4. The maximum atomic E-state index is 11.7. The van der Waals surface area contributed by atoms with Gasteiger partial charge in [-0.1, -0.05) is 30.3 Å².